The predicted octanol–water partition coefficient (Wildman–Crippen LogP) is 3.34. The zero-order valence-electron chi connectivity index (χ0n) is 15.0. The van der Waals surface area contributed by atoms with Crippen LogP contribution >= 0.6 is 11.5 Å². The summed E-state index contributed by atoms with van der Waals surface area (Å²) < 4.78 is 11.7. The van der Waals surface area contributed by atoms with Crippen LogP contribution in [-0.2, 0) is 10.2 Å². The van der Waals surface area contributed by atoms with E-state index in [0.717, 1.165) is 37.6 Å². The molecule has 8 nitrogen and oxygen atoms in total. The molecule has 0 radical (unpaired) electrons. The van der Waals surface area contributed by atoms with Crippen LogP contribution in [0.4, 0.5) is 15.6 Å². The fourth-order valence-corrected chi connectivity index (χ4v) is 3.43. The van der Waals surface area contributed by atoms with Gasteiger partial charge in [-0.25, -0.2) is 9.78 Å². The van der Waals surface area contributed by atoms with Gasteiger partial charge in [-0.3, -0.25) is 10.00 Å². The Balaban J connectivity index is 1.63. The number of ether oxygens (including phenoxy) is 1. The highest BCUT2D eigenvalue weighted by Gasteiger charge is 2.22. The minimum atomic E-state index is -0.341. The highest BCUT2D eigenvalue weighted by atomic mass is 32.1. The molecule has 2 aromatic heterocycles. The quantitative estimate of drug-likeness (QED) is 0.871. The second-order valence-corrected chi connectivity index (χ2v) is 7.94. The Morgan fingerprint density at radius 3 is 2.68 bits per heavy atom. The molecule has 0 unspecified atom stereocenters. The van der Waals surface area contributed by atoms with Crippen LogP contribution in [0.3, 0.4) is 0 Å². The summed E-state index contributed by atoms with van der Waals surface area (Å²) in [5.74, 6) is 0.719. The van der Waals surface area contributed by atoms with E-state index in [1.807, 2.05) is 32.4 Å². The topological polar surface area (TPSA) is 94.0 Å². The molecule has 0 saturated carbocycles. The van der Waals surface area contributed by atoms with E-state index in [4.69, 9.17) is 4.74 Å². The molecular weight excluding hydrogens is 340 g/mol. The molecule has 1 aliphatic heterocycles. The van der Waals surface area contributed by atoms with Crippen LogP contribution in [0.5, 0.6) is 0 Å². The molecule has 25 heavy (non-hydrogen) atoms. The fraction of sp³-hybridized carbons (Fsp3) is 0.625. The number of aromatic nitrogens is 4. The largest absolute Gasteiger partial charge is 0.381 e. The Morgan fingerprint density at radius 2 is 2.04 bits per heavy atom. The van der Waals surface area contributed by atoms with Gasteiger partial charge in [-0.05, 0) is 19.8 Å². The van der Waals surface area contributed by atoms with E-state index in [2.05, 4.69) is 25.1 Å². The van der Waals surface area contributed by atoms with Crippen LogP contribution in [0, 0.1) is 6.92 Å². The van der Waals surface area contributed by atoms with Crippen molar-refractivity contribution < 1.29 is 9.53 Å². The van der Waals surface area contributed by atoms with Gasteiger partial charge in [0, 0.05) is 30.2 Å². The van der Waals surface area contributed by atoms with Gasteiger partial charge >= 0.3 is 6.03 Å². The van der Waals surface area contributed by atoms with Gasteiger partial charge in [0.1, 0.15) is 5.82 Å². The summed E-state index contributed by atoms with van der Waals surface area (Å²) in [5, 5.41) is 10.5. The van der Waals surface area contributed by atoms with Gasteiger partial charge in [0.05, 0.1) is 23.6 Å². The van der Waals surface area contributed by atoms with Crippen molar-refractivity contribution in [3.05, 3.63) is 17.7 Å². The number of carbonyl (C=O) groups is 1. The summed E-state index contributed by atoms with van der Waals surface area (Å²) in [4.78, 5) is 16.6. The summed E-state index contributed by atoms with van der Waals surface area (Å²) in [7, 11) is 0. The third-order valence-corrected chi connectivity index (χ3v) is 4.78. The second kappa shape index (κ2) is 7.09. The maximum absolute atomic E-state index is 12.2. The minimum Gasteiger partial charge on any atom is -0.381 e. The fourth-order valence-electron chi connectivity index (χ4n) is 2.67. The highest BCUT2D eigenvalue weighted by molar-refractivity contribution is 7.09. The molecule has 1 saturated heterocycles. The number of urea groups is 1. The van der Waals surface area contributed by atoms with Crippen LogP contribution in [0.15, 0.2) is 6.20 Å². The van der Waals surface area contributed by atoms with Crippen molar-refractivity contribution in [1.82, 2.24) is 19.1 Å². The molecule has 9 heteroatoms. The van der Waals surface area contributed by atoms with Gasteiger partial charge in [0.2, 0.25) is 5.13 Å². The Morgan fingerprint density at radius 1 is 1.32 bits per heavy atom. The number of nitrogens with one attached hydrogen (secondary N) is 2. The monoisotopic (exact) mass is 364 g/mol. The van der Waals surface area contributed by atoms with E-state index in [1.165, 1.54) is 11.5 Å². The zero-order valence-corrected chi connectivity index (χ0v) is 15.8. The van der Waals surface area contributed by atoms with E-state index in [9.17, 15) is 4.79 Å². The number of amides is 2. The van der Waals surface area contributed by atoms with Crippen molar-refractivity contribution >= 4 is 28.4 Å². The first kappa shape index (κ1) is 17.8. The van der Waals surface area contributed by atoms with E-state index >= 15 is 0 Å². The summed E-state index contributed by atoms with van der Waals surface area (Å²) >= 11 is 1.18. The lowest BCUT2D eigenvalue weighted by Gasteiger charge is -2.23. The molecule has 0 spiro atoms. The maximum atomic E-state index is 12.2. The molecule has 1 fully saturated rings. The molecule has 2 aromatic rings. The first-order valence-electron chi connectivity index (χ1n) is 8.38. The molecular formula is C16H24N6O2S. The van der Waals surface area contributed by atoms with Crippen molar-refractivity contribution in [2.45, 2.75) is 52.0 Å². The molecule has 3 heterocycles. The third kappa shape index (κ3) is 4.16. The van der Waals surface area contributed by atoms with Crippen LogP contribution in [0.1, 0.15) is 51.2 Å². The zero-order chi connectivity index (χ0) is 18.0. The Labute approximate surface area is 151 Å². The number of hydrogen-bond acceptors (Lipinski definition) is 6. The Kier molecular flexibility index (Phi) is 5.05. The number of carbonyl (C=O) groups excluding carboxylic acids is 1. The van der Waals surface area contributed by atoms with Crippen LogP contribution in [0.2, 0.25) is 0 Å². The lowest BCUT2D eigenvalue weighted by atomic mass is 9.96. The molecule has 0 aromatic carbocycles. The Hall–Kier alpha value is -2.00. The van der Waals surface area contributed by atoms with Gasteiger partial charge in [0.15, 0.2) is 0 Å². The van der Waals surface area contributed by atoms with Crippen molar-refractivity contribution in [3.63, 3.8) is 0 Å². The van der Waals surface area contributed by atoms with Crippen LogP contribution in [0.25, 0.3) is 0 Å². The summed E-state index contributed by atoms with van der Waals surface area (Å²) in [6.45, 7) is 9.56. The van der Waals surface area contributed by atoms with Crippen molar-refractivity contribution in [1.29, 1.82) is 0 Å². The number of rotatable bonds is 3. The van der Waals surface area contributed by atoms with Gasteiger partial charge in [-0.15, -0.1) is 0 Å². The van der Waals surface area contributed by atoms with Gasteiger partial charge in [0.25, 0.3) is 0 Å². The summed E-state index contributed by atoms with van der Waals surface area (Å²) in [6, 6.07) is -0.0175. The summed E-state index contributed by atoms with van der Waals surface area (Å²) in [5.41, 5.74) is 1.49. The molecule has 2 N–H and O–H groups in total. The molecule has 0 bridgehead atoms. The molecule has 0 atom stereocenters. The van der Waals surface area contributed by atoms with Crippen LogP contribution < -0.4 is 10.6 Å². The van der Waals surface area contributed by atoms with Crippen molar-refractivity contribution in [2.24, 2.45) is 0 Å². The normalized spacial score (nSPS) is 16.0. The van der Waals surface area contributed by atoms with Crippen molar-refractivity contribution in [3.8, 4) is 0 Å². The standard InChI is InChI=1S/C16H24N6O2S/c1-10-12(9-17-22(10)11-5-7-24-8-6-11)18-14(23)20-15-19-13(21-25-15)16(2,3)4/h9,11H,5-8H2,1-4H3,(H2,18,19,20,21,23). The average molecular weight is 364 g/mol. The van der Waals surface area contributed by atoms with E-state index in [-0.39, 0.29) is 11.4 Å². The molecule has 1 aliphatic rings. The van der Waals surface area contributed by atoms with Crippen molar-refractivity contribution in [2.75, 3.05) is 23.8 Å². The Bertz CT molecular complexity index is 742. The van der Waals surface area contributed by atoms with Gasteiger partial charge in [-0.1, -0.05) is 20.8 Å². The van der Waals surface area contributed by atoms with Gasteiger partial charge < -0.3 is 10.1 Å². The molecule has 136 valence electrons. The maximum Gasteiger partial charge on any atom is 0.325 e. The number of nitrogens with zero attached hydrogens (tertiary/aromatic N) is 4. The first-order valence-corrected chi connectivity index (χ1v) is 9.16. The van der Waals surface area contributed by atoms with Crippen LogP contribution in [-0.4, -0.2) is 38.4 Å². The number of hydrogen-bond donors (Lipinski definition) is 2. The van der Waals surface area contributed by atoms with E-state index in [0.29, 0.717) is 16.9 Å². The van der Waals surface area contributed by atoms with E-state index in [1.54, 1.807) is 6.20 Å². The third-order valence-electron chi connectivity index (χ3n) is 4.15. The smallest absolute Gasteiger partial charge is 0.325 e. The van der Waals surface area contributed by atoms with E-state index < -0.39 is 0 Å². The summed E-state index contributed by atoms with van der Waals surface area (Å²) in [6.07, 6.45) is 3.56. The average Bonchev–Trinajstić information content (AvgIpc) is 3.16. The SMILES string of the molecule is Cc1c(NC(=O)Nc2nc(C(C)(C)C)ns2)cnn1C1CCOCC1. The second-order valence-electron chi connectivity index (χ2n) is 7.18. The lowest BCUT2D eigenvalue weighted by molar-refractivity contribution is 0.0657. The molecule has 0 aliphatic carbocycles. The lowest BCUT2D eigenvalue weighted by Crippen LogP contribution is -2.22. The first-order chi connectivity index (χ1) is 11.8. The molecule has 3 rings (SSSR count). The number of anilines is 2. The molecule has 2 amide bonds. The predicted molar refractivity (Wildman–Crippen MR) is 97.3 cm³/mol. The highest BCUT2D eigenvalue weighted by Crippen LogP contribution is 2.26. The minimum absolute atomic E-state index is 0.144. The van der Waals surface area contributed by atoms with Gasteiger partial charge in [-0.2, -0.15) is 9.47 Å².